The zero-order valence-electron chi connectivity index (χ0n) is 18.6. The Bertz CT molecular complexity index is 982. The molecule has 0 aliphatic carbocycles. The Kier molecular flexibility index (Phi) is 7.67. The van der Waals surface area contributed by atoms with Crippen molar-refractivity contribution >= 4 is 11.6 Å². The highest BCUT2D eigenvalue weighted by Crippen LogP contribution is 2.22. The number of rotatable bonds is 8. The third kappa shape index (κ3) is 6.26. The summed E-state index contributed by atoms with van der Waals surface area (Å²) in [5.41, 5.74) is 5.55. The Hall–Kier alpha value is -2.99. The standard InChI is InChI=1S/C27H31N3O2/c1-21-7-11-24(12-8-21)27(23-5-3-2-4-6-23)28-19-26(31)29-25-13-9-22(10-14-25)20-30-15-17-32-18-16-30/h2-14,27-28H,15-20H2,1H3,(H,29,31)/t27-/m0/s1. The summed E-state index contributed by atoms with van der Waals surface area (Å²) in [6, 6.07) is 26.7. The average Bonchev–Trinajstić information content (AvgIpc) is 2.83. The third-order valence-corrected chi connectivity index (χ3v) is 5.76. The first-order valence-electron chi connectivity index (χ1n) is 11.2. The van der Waals surface area contributed by atoms with Crippen LogP contribution in [0.15, 0.2) is 78.9 Å². The van der Waals surface area contributed by atoms with E-state index in [0.717, 1.165) is 49.7 Å². The number of benzene rings is 3. The first-order chi connectivity index (χ1) is 15.7. The number of anilines is 1. The van der Waals surface area contributed by atoms with E-state index in [0.29, 0.717) is 0 Å². The van der Waals surface area contributed by atoms with Crippen molar-refractivity contribution in [3.63, 3.8) is 0 Å². The monoisotopic (exact) mass is 429 g/mol. The fourth-order valence-electron chi connectivity index (χ4n) is 3.94. The lowest BCUT2D eigenvalue weighted by Crippen LogP contribution is -2.35. The maximum absolute atomic E-state index is 12.6. The maximum Gasteiger partial charge on any atom is 0.238 e. The summed E-state index contributed by atoms with van der Waals surface area (Å²) in [6.45, 7) is 6.74. The minimum Gasteiger partial charge on any atom is -0.379 e. The molecule has 4 rings (SSSR count). The van der Waals surface area contributed by atoms with E-state index in [1.807, 2.05) is 30.3 Å². The number of carbonyl (C=O) groups is 1. The topological polar surface area (TPSA) is 53.6 Å². The maximum atomic E-state index is 12.6. The van der Waals surface area contributed by atoms with Gasteiger partial charge in [0.1, 0.15) is 0 Å². The van der Waals surface area contributed by atoms with Gasteiger partial charge >= 0.3 is 0 Å². The molecule has 2 N–H and O–H groups in total. The second kappa shape index (κ2) is 11.0. The van der Waals surface area contributed by atoms with Crippen molar-refractivity contribution in [3.05, 3.63) is 101 Å². The van der Waals surface area contributed by atoms with E-state index in [2.05, 4.69) is 71.0 Å². The molecule has 1 fully saturated rings. The van der Waals surface area contributed by atoms with Crippen LogP contribution in [0.3, 0.4) is 0 Å². The summed E-state index contributed by atoms with van der Waals surface area (Å²) in [6.07, 6.45) is 0. The van der Waals surface area contributed by atoms with Crippen LogP contribution in [-0.2, 0) is 16.1 Å². The van der Waals surface area contributed by atoms with E-state index in [1.165, 1.54) is 11.1 Å². The second-order valence-corrected chi connectivity index (χ2v) is 8.27. The Balaban J connectivity index is 1.34. The van der Waals surface area contributed by atoms with Crippen molar-refractivity contribution in [1.29, 1.82) is 0 Å². The van der Waals surface area contributed by atoms with Gasteiger partial charge in [0.05, 0.1) is 25.8 Å². The van der Waals surface area contributed by atoms with Crippen LogP contribution in [0, 0.1) is 6.92 Å². The molecule has 166 valence electrons. The third-order valence-electron chi connectivity index (χ3n) is 5.76. The first-order valence-corrected chi connectivity index (χ1v) is 11.2. The largest absolute Gasteiger partial charge is 0.379 e. The molecule has 1 amide bonds. The number of aryl methyl sites for hydroxylation is 1. The van der Waals surface area contributed by atoms with Crippen LogP contribution in [0.25, 0.3) is 0 Å². The molecule has 0 aromatic heterocycles. The average molecular weight is 430 g/mol. The van der Waals surface area contributed by atoms with E-state index < -0.39 is 0 Å². The van der Waals surface area contributed by atoms with E-state index in [1.54, 1.807) is 0 Å². The highest BCUT2D eigenvalue weighted by Gasteiger charge is 2.15. The number of morpholine rings is 1. The molecule has 1 aliphatic heterocycles. The van der Waals surface area contributed by atoms with Crippen LogP contribution in [0.5, 0.6) is 0 Å². The van der Waals surface area contributed by atoms with Crippen molar-refractivity contribution in [2.24, 2.45) is 0 Å². The molecule has 32 heavy (non-hydrogen) atoms. The molecule has 0 spiro atoms. The van der Waals surface area contributed by atoms with Gasteiger partial charge in [0.2, 0.25) is 5.91 Å². The van der Waals surface area contributed by atoms with Crippen LogP contribution in [0.2, 0.25) is 0 Å². The van der Waals surface area contributed by atoms with Gasteiger partial charge in [-0.15, -0.1) is 0 Å². The van der Waals surface area contributed by atoms with Gasteiger partial charge in [0.15, 0.2) is 0 Å². The molecule has 1 aliphatic rings. The van der Waals surface area contributed by atoms with Crippen LogP contribution < -0.4 is 10.6 Å². The molecule has 0 bridgehead atoms. The van der Waals surface area contributed by atoms with Crippen LogP contribution >= 0.6 is 0 Å². The molecule has 1 heterocycles. The first kappa shape index (κ1) is 22.2. The minimum atomic E-state index is -0.0565. The quantitative estimate of drug-likeness (QED) is 0.565. The molecule has 0 unspecified atom stereocenters. The van der Waals surface area contributed by atoms with Gasteiger partial charge in [0.25, 0.3) is 0 Å². The Morgan fingerprint density at radius 2 is 1.56 bits per heavy atom. The fourth-order valence-corrected chi connectivity index (χ4v) is 3.94. The lowest BCUT2D eigenvalue weighted by Gasteiger charge is -2.26. The zero-order chi connectivity index (χ0) is 22.2. The number of carbonyl (C=O) groups excluding carboxylic acids is 1. The van der Waals surface area contributed by atoms with E-state index in [9.17, 15) is 4.79 Å². The Morgan fingerprint density at radius 3 is 2.25 bits per heavy atom. The van der Waals surface area contributed by atoms with E-state index in [4.69, 9.17) is 4.74 Å². The molecular formula is C27H31N3O2. The predicted octanol–water partition coefficient (Wildman–Crippen LogP) is 4.14. The molecule has 1 atom stereocenters. The summed E-state index contributed by atoms with van der Waals surface area (Å²) in [5.74, 6) is -0.0565. The lowest BCUT2D eigenvalue weighted by atomic mass is 9.98. The van der Waals surface area contributed by atoms with Gasteiger partial charge in [-0.05, 0) is 35.7 Å². The van der Waals surface area contributed by atoms with E-state index >= 15 is 0 Å². The normalized spacial score (nSPS) is 15.3. The van der Waals surface area contributed by atoms with Crippen LogP contribution in [0.1, 0.15) is 28.3 Å². The lowest BCUT2D eigenvalue weighted by molar-refractivity contribution is -0.115. The van der Waals surface area contributed by atoms with Gasteiger partial charge in [-0.1, -0.05) is 72.3 Å². The summed E-state index contributed by atoms with van der Waals surface area (Å²) in [5, 5.41) is 6.43. The Morgan fingerprint density at radius 1 is 0.906 bits per heavy atom. The van der Waals surface area contributed by atoms with Crippen molar-refractivity contribution < 1.29 is 9.53 Å². The molecular weight excluding hydrogens is 398 g/mol. The van der Waals surface area contributed by atoms with Gasteiger partial charge in [0, 0.05) is 25.3 Å². The fraction of sp³-hybridized carbons (Fsp3) is 0.296. The van der Waals surface area contributed by atoms with Crippen LogP contribution in [0.4, 0.5) is 5.69 Å². The highest BCUT2D eigenvalue weighted by molar-refractivity contribution is 5.92. The van der Waals surface area contributed by atoms with Crippen molar-refractivity contribution in [3.8, 4) is 0 Å². The number of amides is 1. The number of hydrogen-bond acceptors (Lipinski definition) is 4. The van der Waals surface area contributed by atoms with Crippen molar-refractivity contribution in [2.75, 3.05) is 38.2 Å². The molecule has 5 heteroatoms. The molecule has 3 aromatic carbocycles. The predicted molar refractivity (Wildman–Crippen MR) is 129 cm³/mol. The SMILES string of the molecule is Cc1ccc([C@@H](NCC(=O)Nc2ccc(CN3CCOCC3)cc2)c2ccccc2)cc1. The van der Waals surface area contributed by atoms with Crippen molar-refractivity contribution in [2.45, 2.75) is 19.5 Å². The molecule has 1 saturated heterocycles. The van der Waals surface area contributed by atoms with Gasteiger partial charge in [-0.2, -0.15) is 0 Å². The number of nitrogens with one attached hydrogen (secondary N) is 2. The van der Waals surface area contributed by atoms with Crippen molar-refractivity contribution in [1.82, 2.24) is 10.2 Å². The summed E-state index contributed by atoms with van der Waals surface area (Å²) in [7, 11) is 0. The van der Waals surface area contributed by atoms with Gasteiger partial charge < -0.3 is 10.1 Å². The van der Waals surface area contributed by atoms with Gasteiger partial charge in [-0.25, -0.2) is 0 Å². The summed E-state index contributed by atoms with van der Waals surface area (Å²) < 4.78 is 5.41. The van der Waals surface area contributed by atoms with Gasteiger partial charge in [-0.3, -0.25) is 15.0 Å². The zero-order valence-corrected chi connectivity index (χ0v) is 18.6. The molecule has 5 nitrogen and oxygen atoms in total. The molecule has 0 saturated carbocycles. The number of hydrogen-bond donors (Lipinski definition) is 2. The van der Waals surface area contributed by atoms with E-state index in [-0.39, 0.29) is 18.5 Å². The highest BCUT2D eigenvalue weighted by atomic mass is 16.5. The Labute approximate surface area is 190 Å². The minimum absolute atomic E-state index is 0.0431. The summed E-state index contributed by atoms with van der Waals surface area (Å²) >= 11 is 0. The molecule has 0 radical (unpaired) electrons. The summed E-state index contributed by atoms with van der Waals surface area (Å²) in [4.78, 5) is 15.0. The second-order valence-electron chi connectivity index (χ2n) is 8.27. The smallest absolute Gasteiger partial charge is 0.238 e. The van der Waals surface area contributed by atoms with Crippen LogP contribution in [-0.4, -0.2) is 43.7 Å². The molecule has 3 aromatic rings. The number of ether oxygens (including phenoxy) is 1. The number of nitrogens with zero attached hydrogens (tertiary/aromatic N) is 1.